The van der Waals surface area contributed by atoms with Crippen LogP contribution in [-0.2, 0) is 6.42 Å². The number of hydrogen-bond donors (Lipinski definition) is 0. The highest BCUT2D eigenvalue weighted by atomic mass is 16.7. The lowest BCUT2D eigenvalue weighted by atomic mass is 10.2. The molecule has 2 heterocycles. The van der Waals surface area contributed by atoms with Crippen molar-refractivity contribution in [2.45, 2.75) is 13.3 Å². The minimum Gasteiger partial charge on any atom is -0.404 e. The molecule has 0 bridgehead atoms. The second kappa shape index (κ2) is 3.11. The van der Waals surface area contributed by atoms with Crippen LogP contribution in [0.3, 0.4) is 0 Å². The lowest BCUT2D eigenvalue weighted by Gasteiger charge is -2.26. The van der Waals surface area contributed by atoms with Gasteiger partial charge in [-0.3, -0.25) is 4.98 Å². The van der Waals surface area contributed by atoms with E-state index in [0.717, 1.165) is 31.0 Å². The first-order chi connectivity index (χ1) is 5.90. The van der Waals surface area contributed by atoms with Gasteiger partial charge in [-0.15, -0.1) is 5.06 Å². The van der Waals surface area contributed by atoms with Gasteiger partial charge in [0.1, 0.15) is 0 Å². The summed E-state index contributed by atoms with van der Waals surface area (Å²) in [5.74, 6) is 0.908. The van der Waals surface area contributed by atoms with E-state index in [2.05, 4.69) is 11.9 Å². The number of aromatic nitrogens is 1. The van der Waals surface area contributed by atoms with Crippen LogP contribution >= 0.6 is 0 Å². The summed E-state index contributed by atoms with van der Waals surface area (Å²) in [7, 11) is 0. The Morgan fingerprint density at radius 1 is 1.67 bits per heavy atom. The summed E-state index contributed by atoms with van der Waals surface area (Å²) in [5.41, 5.74) is 1.07. The van der Waals surface area contributed by atoms with Gasteiger partial charge in [-0.2, -0.15) is 0 Å². The van der Waals surface area contributed by atoms with E-state index in [9.17, 15) is 0 Å². The van der Waals surface area contributed by atoms with Gasteiger partial charge in [0.2, 0.25) is 0 Å². The van der Waals surface area contributed by atoms with E-state index < -0.39 is 0 Å². The fraction of sp³-hybridized carbons (Fsp3) is 0.444. The molecular formula is C9H12N2O. The first-order valence-electron chi connectivity index (χ1n) is 4.27. The highest BCUT2D eigenvalue weighted by Gasteiger charge is 2.15. The van der Waals surface area contributed by atoms with Gasteiger partial charge in [0.25, 0.3) is 0 Å². The average molecular weight is 164 g/mol. The molecule has 1 aromatic rings. The molecule has 0 aromatic carbocycles. The lowest BCUT2D eigenvalue weighted by Crippen LogP contribution is -2.33. The van der Waals surface area contributed by atoms with E-state index in [1.807, 2.05) is 23.4 Å². The van der Waals surface area contributed by atoms with Crippen LogP contribution in [0.1, 0.15) is 12.6 Å². The minimum absolute atomic E-state index is 0.908. The van der Waals surface area contributed by atoms with Crippen molar-refractivity contribution in [1.29, 1.82) is 0 Å². The molecule has 0 atom stereocenters. The summed E-state index contributed by atoms with van der Waals surface area (Å²) < 4.78 is 0. The number of rotatable bonds is 1. The summed E-state index contributed by atoms with van der Waals surface area (Å²) in [6.45, 7) is 3.95. The first-order valence-corrected chi connectivity index (χ1v) is 4.27. The van der Waals surface area contributed by atoms with E-state index in [1.165, 1.54) is 0 Å². The smallest absolute Gasteiger partial charge is 0.168 e. The number of nitrogens with zero attached hydrogens (tertiary/aromatic N) is 2. The Labute approximate surface area is 71.9 Å². The van der Waals surface area contributed by atoms with E-state index in [-0.39, 0.29) is 0 Å². The van der Waals surface area contributed by atoms with Crippen LogP contribution in [0.5, 0.6) is 5.75 Å². The van der Waals surface area contributed by atoms with Crippen LogP contribution in [0.2, 0.25) is 0 Å². The Kier molecular flexibility index (Phi) is 1.96. The third kappa shape index (κ3) is 1.28. The molecule has 2 rings (SSSR count). The Morgan fingerprint density at radius 2 is 2.58 bits per heavy atom. The molecule has 0 spiro atoms. The number of hydrogen-bond acceptors (Lipinski definition) is 3. The fourth-order valence-corrected chi connectivity index (χ4v) is 1.33. The topological polar surface area (TPSA) is 25.4 Å². The van der Waals surface area contributed by atoms with Gasteiger partial charge < -0.3 is 4.84 Å². The molecule has 1 aliphatic rings. The number of pyridine rings is 1. The van der Waals surface area contributed by atoms with Crippen LogP contribution in [-0.4, -0.2) is 23.1 Å². The predicted molar refractivity (Wildman–Crippen MR) is 45.8 cm³/mol. The molecular weight excluding hydrogens is 152 g/mol. The predicted octanol–water partition coefficient (Wildman–Crippen LogP) is 1.25. The quantitative estimate of drug-likeness (QED) is 0.624. The van der Waals surface area contributed by atoms with Crippen molar-refractivity contribution in [2.24, 2.45) is 0 Å². The minimum atomic E-state index is 0.908. The largest absolute Gasteiger partial charge is 0.404 e. The summed E-state index contributed by atoms with van der Waals surface area (Å²) in [6, 6.07) is 3.86. The third-order valence-corrected chi connectivity index (χ3v) is 2.03. The van der Waals surface area contributed by atoms with Crippen LogP contribution in [0, 0.1) is 0 Å². The summed E-state index contributed by atoms with van der Waals surface area (Å²) in [5, 5.41) is 1.95. The van der Waals surface area contributed by atoms with Crippen LogP contribution in [0.25, 0.3) is 0 Å². The van der Waals surface area contributed by atoms with E-state index in [1.54, 1.807) is 0 Å². The highest BCUT2D eigenvalue weighted by Crippen LogP contribution is 2.21. The van der Waals surface area contributed by atoms with Crippen molar-refractivity contribution in [1.82, 2.24) is 10.0 Å². The van der Waals surface area contributed by atoms with Crippen molar-refractivity contribution in [3.63, 3.8) is 0 Å². The van der Waals surface area contributed by atoms with Gasteiger partial charge in [-0.25, -0.2) is 0 Å². The average Bonchev–Trinajstić information content (AvgIpc) is 2.17. The van der Waals surface area contributed by atoms with Crippen molar-refractivity contribution in [3.8, 4) is 5.75 Å². The molecule has 0 unspecified atom stereocenters. The van der Waals surface area contributed by atoms with Crippen LogP contribution in [0.15, 0.2) is 18.3 Å². The molecule has 0 saturated carbocycles. The van der Waals surface area contributed by atoms with Gasteiger partial charge in [0.05, 0.1) is 5.69 Å². The van der Waals surface area contributed by atoms with Gasteiger partial charge in [-0.05, 0) is 19.1 Å². The van der Waals surface area contributed by atoms with Gasteiger partial charge >= 0.3 is 0 Å². The molecule has 0 aliphatic carbocycles. The molecule has 0 radical (unpaired) electrons. The Bertz CT molecular complexity index is 275. The SMILES string of the molecule is CCN1CCc2ncccc2O1. The monoisotopic (exact) mass is 164 g/mol. The number of likely N-dealkylation sites (N-methyl/N-ethyl adjacent to an activating group) is 1. The summed E-state index contributed by atoms with van der Waals surface area (Å²) >= 11 is 0. The van der Waals surface area contributed by atoms with Crippen LogP contribution < -0.4 is 4.84 Å². The van der Waals surface area contributed by atoms with E-state index in [0.29, 0.717) is 0 Å². The second-order valence-electron chi connectivity index (χ2n) is 2.81. The molecule has 1 aliphatic heterocycles. The molecule has 0 N–H and O–H groups in total. The number of fused-ring (bicyclic) bond motifs is 1. The molecule has 64 valence electrons. The molecule has 0 amide bonds. The third-order valence-electron chi connectivity index (χ3n) is 2.03. The molecule has 3 nitrogen and oxygen atoms in total. The number of hydroxylamine groups is 2. The maximum absolute atomic E-state index is 5.55. The standard InChI is InChI=1S/C9H12N2O/c1-2-11-7-5-8-9(12-11)4-3-6-10-8/h3-4,6H,2,5,7H2,1H3. The first kappa shape index (κ1) is 7.55. The summed E-state index contributed by atoms with van der Waals surface area (Å²) in [6.07, 6.45) is 2.80. The zero-order valence-electron chi connectivity index (χ0n) is 7.16. The summed E-state index contributed by atoms with van der Waals surface area (Å²) in [4.78, 5) is 9.79. The highest BCUT2D eigenvalue weighted by molar-refractivity contribution is 5.27. The molecule has 1 aromatic heterocycles. The lowest BCUT2D eigenvalue weighted by molar-refractivity contribution is -0.0647. The van der Waals surface area contributed by atoms with E-state index in [4.69, 9.17) is 4.84 Å². The fourth-order valence-electron chi connectivity index (χ4n) is 1.33. The Balaban J connectivity index is 2.23. The zero-order valence-corrected chi connectivity index (χ0v) is 7.16. The van der Waals surface area contributed by atoms with Crippen molar-refractivity contribution in [3.05, 3.63) is 24.0 Å². The second-order valence-corrected chi connectivity index (χ2v) is 2.81. The normalized spacial score (nSPS) is 16.8. The Hall–Kier alpha value is -1.09. The molecule has 12 heavy (non-hydrogen) atoms. The zero-order chi connectivity index (χ0) is 8.39. The van der Waals surface area contributed by atoms with Gasteiger partial charge in [0.15, 0.2) is 5.75 Å². The van der Waals surface area contributed by atoms with Crippen molar-refractivity contribution in [2.75, 3.05) is 13.1 Å². The van der Waals surface area contributed by atoms with Gasteiger partial charge in [0, 0.05) is 25.7 Å². The Morgan fingerprint density at radius 3 is 3.42 bits per heavy atom. The maximum atomic E-state index is 5.55. The van der Waals surface area contributed by atoms with Crippen LogP contribution in [0.4, 0.5) is 0 Å². The van der Waals surface area contributed by atoms with Crippen molar-refractivity contribution >= 4 is 0 Å². The van der Waals surface area contributed by atoms with E-state index >= 15 is 0 Å². The maximum Gasteiger partial charge on any atom is 0.168 e. The van der Waals surface area contributed by atoms with Gasteiger partial charge in [-0.1, -0.05) is 0 Å². The molecule has 0 saturated heterocycles. The molecule has 0 fully saturated rings. The molecule has 3 heteroatoms. The van der Waals surface area contributed by atoms with Crippen molar-refractivity contribution < 1.29 is 4.84 Å².